The number of nitrogens with one attached hydrogen (secondary N) is 1. The van der Waals surface area contributed by atoms with Crippen LogP contribution in [0.5, 0.6) is 0 Å². The first-order chi connectivity index (χ1) is 50.8. The number of quaternary nitrogens is 1. The van der Waals surface area contributed by atoms with Crippen LogP contribution in [0.3, 0.4) is 0 Å². The van der Waals surface area contributed by atoms with E-state index in [2.05, 4.69) is 45.0 Å². The van der Waals surface area contributed by atoms with Gasteiger partial charge in [0, 0.05) is 5.56 Å². The van der Waals surface area contributed by atoms with Gasteiger partial charge in [0.05, 0.1) is 56.2 Å². The Hall–Kier alpha value is -7.92. The highest BCUT2D eigenvalue weighted by Crippen LogP contribution is 2.41. The molecule has 0 aromatic heterocycles. The van der Waals surface area contributed by atoms with Crippen molar-refractivity contribution in [3.05, 3.63) is 193 Å². The zero-order chi connectivity index (χ0) is 79.0. The van der Waals surface area contributed by atoms with E-state index < -0.39 is 234 Å². The summed E-state index contributed by atoms with van der Waals surface area (Å²) < 4.78 is 442. The Morgan fingerprint density at radius 2 is 0.374 bits per heavy atom. The summed E-state index contributed by atoms with van der Waals surface area (Å²) in [4.78, 5) is 1.74. The lowest BCUT2D eigenvalue weighted by molar-refractivity contribution is -0.833. The van der Waals surface area contributed by atoms with Crippen LogP contribution in [0.1, 0.15) is 186 Å². The van der Waals surface area contributed by atoms with Gasteiger partial charge in [-0.1, -0.05) is 173 Å². The smallest absolute Gasteiger partial charge is 0.198 e. The van der Waals surface area contributed by atoms with Crippen LogP contribution in [0, 0.1) is 170 Å². The van der Waals surface area contributed by atoms with Gasteiger partial charge in [0.2, 0.25) is 0 Å². The van der Waals surface area contributed by atoms with Gasteiger partial charge in [-0.3, -0.25) is 0 Å². The third-order valence-corrected chi connectivity index (χ3v) is 19.9. The molecule has 30 heteroatoms. The molecular weight excluding hydrogens is 1480 g/mol. The predicted molar refractivity (Wildman–Crippen MR) is 352 cm³/mol. The summed E-state index contributed by atoms with van der Waals surface area (Å²) >= 11 is 0. The monoisotopic (exact) mass is 1550 g/mol. The topological polar surface area (TPSA) is 4.44 Å². The Morgan fingerprint density at radius 3 is 0.570 bits per heavy atom. The molecule has 0 radical (unpaired) electrons. The Kier molecular flexibility index (Phi) is 28.9. The highest BCUT2D eigenvalue weighted by Gasteiger charge is 2.53. The lowest BCUT2D eigenvalue weighted by Crippen LogP contribution is -3.07. The van der Waals surface area contributed by atoms with E-state index in [4.69, 9.17) is 0 Å². The fourth-order valence-electron chi connectivity index (χ4n) is 14.5. The van der Waals surface area contributed by atoms with E-state index in [1.807, 2.05) is 0 Å². The molecule has 0 fully saturated rings. The molecular formula is C77H70BF28N. The van der Waals surface area contributed by atoms with E-state index in [-0.39, 0.29) is 0 Å². The Morgan fingerprint density at radius 1 is 0.206 bits per heavy atom. The first-order valence-electron chi connectivity index (χ1n) is 35.1. The Labute approximate surface area is 596 Å². The first-order valence-corrected chi connectivity index (χ1v) is 35.1. The maximum absolute atomic E-state index is 17.4. The van der Waals surface area contributed by atoms with Crippen LogP contribution in [-0.4, -0.2) is 19.2 Å². The molecule has 9 aromatic carbocycles. The van der Waals surface area contributed by atoms with Gasteiger partial charge in [0.15, 0.2) is 116 Å². The normalized spacial score (nSPS) is 12.3. The molecule has 0 saturated heterocycles. The van der Waals surface area contributed by atoms with E-state index in [9.17, 15) is 35.1 Å². The average Bonchev–Trinajstić information content (AvgIpc) is 0.668. The fraction of sp³-hybridized carbons (Fsp3) is 0.403. The van der Waals surface area contributed by atoms with Gasteiger partial charge in [-0.2, -0.15) is 0 Å². The van der Waals surface area contributed by atoms with Crippen molar-refractivity contribution in [2.75, 3.05) is 13.1 Å². The van der Waals surface area contributed by atoms with Crippen LogP contribution in [0.4, 0.5) is 129 Å². The summed E-state index contributed by atoms with van der Waals surface area (Å²) in [6, 6.07) is 9.14. The number of hydrogen-bond acceptors (Lipinski definition) is 0. The van der Waals surface area contributed by atoms with Gasteiger partial charge in [-0.05, 0) is 38.7 Å². The summed E-state index contributed by atoms with van der Waals surface area (Å²) in [6.45, 7) is 9.56. The van der Waals surface area contributed by atoms with Crippen LogP contribution in [0.2, 0.25) is 0 Å². The van der Waals surface area contributed by atoms with Gasteiger partial charge < -0.3 is 4.90 Å². The molecule has 0 amide bonds. The molecule has 0 saturated carbocycles. The zero-order valence-electron chi connectivity index (χ0n) is 57.8. The number of unbranched alkanes of at least 4 members (excludes halogenated alkanes) is 24. The second kappa shape index (κ2) is 36.5. The van der Waals surface area contributed by atoms with E-state index in [0.29, 0.717) is 0 Å². The summed E-state index contributed by atoms with van der Waals surface area (Å²) in [5, 5.41) is -25.0. The van der Waals surface area contributed by atoms with Crippen molar-refractivity contribution in [2.45, 2.75) is 188 Å². The first kappa shape index (κ1) is 84.7. The largest absolute Gasteiger partial charge is 0.302 e. The van der Waals surface area contributed by atoms with Gasteiger partial charge in [0.25, 0.3) is 0 Å². The minimum atomic E-state index is -7.99. The van der Waals surface area contributed by atoms with Gasteiger partial charge >= 0.3 is 0 Å². The Balaban J connectivity index is 0.000000323. The second-order valence-electron chi connectivity index (χ2n) is 26.7. The van der Waals surface area contributed by atoms with Gasteiger partial charge in [-0.15, -0.1) is 21.9 Å². The molecule has 1 atom stereocenters. The molecule has 1 nitrogen and oxygen atoms in total. The highest BCUT2D eigenvalue weighted by atomic mass is 19.2. The van der Waals surface area contributed by atoms with Crippen LogP contribution in [-0.2, 0) is 0 Å². The molecule has 0 aliphatic rings. The van der Waals surface area contributed by atoms with Crippen molar-refractivity contribution in [2.24, 2.45) is 0 Å². The summed E-state index contributed by atoms with van der Waals surface area (Å²) in [7, 11) is 0. The molecule has 9 aromatic rings. The molecule has 0 aliphatic heterocycles. The third kappa shape index (κ3) is 16.1. The van der Waals surface area contributed by atoms with E-state index >= 15 is 87.8 Å². The second-order valence-corrected chi connectivity index (χ2v) is 26.7. The van der Waals surface area contributed by atoms with Crippen molar-refractivity contribution < 1.29 is 128 Å². The molecule has 0 bridgehead atoms. The summed E-state index contributed by atoms with van der Waals surface area (Å²) in [5.74, 6) is -102. The SMILES string of the molecule is CCCCCCCCCCCCCCCC[NH+](CCCCCCCCCCCCCC)c1ccccc1C.Fc1c(F)c(F)c2c(F)c([B-](c3c(F)c(F)c4c(F)c(F)c(F)c(F)c4c3F)(c3c(F)c(F)c4c(F)c(F)c(F)c(F)c4c3F)c3c(F)c(F)c4c(F)c(F)c(F)c(F)c4c3F)c(F)c(F)c2c1F. The Bertz CT molecular complexity index is 4300. The fourth-order valence-corrected chi connectivity index (χ4v) is 14.5. The highest BCUT2D eigenvalue weighted by molar-refractivity contribution is 7.20. The molecule has 1 unspecified atom stereocenters. The number of hydrogen-bond donors (Lipinski definition) is 1. The van der Waals surface area contributed by atoms with E-state index in [1.165, 1.54) is 186 Å². The molecule has 1 N–H and O–H groups in total. The number of halogens is 28. The number of fused-ring (bicyclic) bond motifs is 4. The minimum Gasteiger partial charge on any atom is -0.302 e. The number of benzene rings is 9. The summed E-state index contributed by atoms with van der Waals surface area (Å²) in [6.07, 6.45) is 29.5. The minimum absolute atomic E-state index is 1.32. The van der Waals surface area contributed by atoms with Crippen molar-refractivity contribution in [3.8, 4) is 0 Å². The summed E-state index contributed by atoms with van der Waals surface area (Å²) in [5.41, 5.74) is -12.8. The van der Waals surface area contributed by atoms with Gasteiger partial charge in [-0.25, -0.2) is 123 Å². The predicted octanol–water partition coefficient (Wildman–Crippen LogP) is 23.3. The number of para-hydroxylation sites is 1. The standard InChI is InChI=1S/C40BF28.C37H69N/c42-13-1-5(25(54)37(66)33(62)21(1)50)17(46)29(58)9(13)41(10-14(43)2-6(18(47)30(10)59)26(55)38(67)34(63)22(2)51,11-15(44)3-7(19(48)31(11)60)27(56)39(68)35(64)23(3)52)12-16(45)4-8(20(49)32(12)61)28(57)40(69)36(65)24(4)53;1-4-6-8-10-12-14-16-18-19-21-23-25-27-31-35-38(37-33-29-28-32-36(37)3)34-30-26-24-22-20-17-15-13-11-9-7-5-2/h;28-29,32-33H,4-27,30-31,34-35H2,1-3H3/q-1;/p+1. The van der Waals surface area contributed by atoms with E-state index in [1.54, 1.807) is 10.6 Å². The van der Waals surface area contributed by atoms with Crippen LogP contribution >= 0.6 is 0 Å². The third-order valence-electron chi connectivity index (χ3n) is 19.9. The van der Waals surface area contributed by atoms with Crippen molar-refractivity contribution >= 4 is 76.8 Å². The lowest BCUT2D eigenvalue weighted by atomic mass is 9.12. The molecule has 0 spiro atoms. The van der Waals surface area contributed by atoms with Crippen molar-refractivity contribution in [3.63, 3.8) is 0 Å². The molecule has 107 heavy (non-hydrogen) atoms. The zero-order valence-corrected chi connectivity index (χ0v) is 57.8. The van der Waals surface area contributed by atoms with Crippen LogP contribution in [0.25, 0.3) is 43.1 Å². The lowest BCUT2D eigenvalue weighted by Gasteiger charge is -2.45. The quantitative estimate of drug-likeness (QED) is 0.0137. The van der Waals surface area contributed by atoms with Crippen LogP contribution < -0.4 is 26.8 Å². The van der Waals surface area contributed by atoms with E-state index in [0.717, 1.165) is 0 Å². The number of rotatable bonds is 33. The van der Waals surface area contributed by atoms with Gasteiger partial charge in [0.1, 0.15) is 58.4 Å². The maximum Gasteiger partial charge on any atom is 0.198 e. The molecule has 582 valence electrons. The average molecular weight is 1550 g/mol. The molecule has 0 heterocycles. The molecule has 9 rings (SSSR count). The number of aryl methyl sites for hydroxylation is 1. The molecule has 0 aliphatic carbocycles. The van der Waals surface area contributed by atoms with Crippen molar-refractivity contribution in [1.29, 1.82) is 0 Å². The van der Waals surface area contributed by atoms with Crippen LogP contribution in [0.15, 0.2) is 24.3 Å². The van der Waals surface area contributed by atoms with Crippen molar-refractivity contribution in [1.82, 2.24) is 0 Å². The maximum atomic E-state index is 17.4.